The van der Waals surface area contributed by atoms with Crippen LogP contribution in [-0.2, 0) is 29.4 Å². The molecule has 1 saturated heterocycles. The van der Waals surface area contributed by atoms with Gasteiger partial charge in [0.05, 0.1) is 70.5 Å². The first-order valence-corrected chi connectivity index (χ1v) is 36.0. The molecule has 27 heteroatoms. The van der Waals surface area contributed by atoms with Crippen molar-refractivity contribution in [3.8, 4) is 56.7 Å². The number of carbonyl (C=O) groups excluding carboxylic acids is 2. The Morgan fingerprint density at radius 3 is 1.49 bits per heavy atom. The normalized spacial score (nSPS) is 13.9. The number of carbonyl (C=O) groups is 2. The second-order valence-corrected chi connectivity index (χ2v) is 31.0. The Hall–Kier alpha value is -9.48. The van der Waals surface area contributed by atoms with Crippen molar-refractivity contribution in [2.45, 2.75) is 91.1 Å². The molecule has 21 nitrogen and oxygen atoms in total. The number of furan rings is 2. The Morgan fingerprint density at radius 1 is 0.570 bits per heavy atom. The number of rotatable bonds is 17. The summed E-state index contributed by atoms with van der Waals surface area (Å²) in [5.41, 5.74) is 4.79. The van der Waals surface area contributed by atoms with E-state index < -0.39 is 55.9 Å². The van der Waals surface area contributed by atoms with Crippen molar-refractivity contribution in [3.05, 3.63) is 185 Å². The van der Waals surface area contributed by atoms with Gasteiger partial charge in [-0.05, 0) is 192 Å². The smallest absolute Gasteiger partial charge is 0.455 e. The van der Waals surface area contributed by atoms with E-state index in [-0.39, 0.29) is 64.8 Å². The summed E-state index contributed by atoms with van der Waals surface area (Å²) >= 11 is 3.41. The molecule has 12 aromatic rings. The van der Waals surface area contributed by atoms with Crippen LogP contribution in [0.25, 0.3) is 101 Å². The number of aliphatic hydroxyl groups is 2. The molecule has 518 valence electrons. The van der Waals surface area contributed by atoms with E-state index in [4.69, 9.17) is 27.0 Å². The quantitative estimate of drug-likeness (QED) is 0.0564. The van der Waals surface area contributed by atoms with Gasteiger partial charge in [-0.1, -0.05) is 31.2 Å². The van der Waals surface area contributed by atoms with Crippen molar-refractivity contribution in [1.82, 2.24) is 25.3 Å². The molecule has 0 unspecified atom stereocenters. The van der Waals surface area contributed by atoms with E-state index in [1.54, 1.807) is 67.8 Å². The first kappa shape index (κ1) is 71.8. The number of hydrogen-bond donors (Lipinski definition) is 3. The van der Waals surface area contributed by atoms with Crippen LogP contribution >= 0.6 is 15.9 Å². The number of fused-ring (bicyclic) bond motifs is 4. The van der Waals surface area contributed by atoms with Gasteiger partial charge in [-0.3, -0.25) is 18.2 Å². The summed E-state index contributed by atoms with van der Waals surface area (Å²) < 4.78 is 117. The Bertz CT molecular complexity index is 5260. The number of anilines is 2. The van der Waals surface area contributed by atoms with E-state index in [1.807, 2.05) is 64.1 Å². The van der Waals surface area contributed by atoms with Crippen molar-refractivity contribution in [3.63, 3.8) is 0 Å². The van der Waals surface area contributed by atoms with Crippen molar-refractivity contribution >= 4 is 116 Å². The Kier molecular flexibility index (Phi) is 19.8. The summed E-state index contributed by atoms with van der Waals surface area (Å²) in [6.07, 6.45) is 5.65. The Balaban J connectivity index is 0.000000160. The number of benzene rings is 6. The van der Waals surface area contributed by atoms with Gasteiger partial charge < -0.3 is 42.5 Å². The van der Waals surface area contributed by atoms with Gasteiger partial charge in [0.1, 0.15) is 34.3 Å². The molecule has 0 radical (unpaired) electrons. The molecule has 0 bridgehead atoms. The molecule has 3 N–H and O–H groups in total. The lowest BCUT2D eigenvalue weighted by molar-refractivity contribution is 0.00578. The molecule has 1 aliphatic rings. The minimum atomic E-state index is -3.94. The maximum absolute atomic E-state index is 13.8. The van der Waals surface area contributed by atoms with Gasteiger partial charge in [-0.2, -0.15) is 9.97 Å². The number of hydrogen-bond acceptors (Lipinski definition) is 18. The molecular weight excluding hydrogens is 1390 g/mol. The Morgan fingerprint density at radius 2 is 1.02 bits per heavy atom. The average molecular weight is 1460 g/mol. The lowest BCUT2D eigenvalue weighted by atomic mass is 9.78. The largest absolute Gasteiger partial charge is 0.494 e. The van der Waals surface area contributed by atoms with Crippen LogP contribution in [0.4, 0.5) is 20.2 Å². The second-order valence-electron chi connectivity index (χ2n) is 26.3. The number of amides is 1. The zero-order valence-electron chi connectivity index (χ0n) is 56.6. The topological polar surface area (TPSA) is 284 Å². The van der Waals surface area contributed by atoms with Crippen molar-refractivity contribution < 1.29 is 72.4 Å². The van der Waals surface area contributed by atoms with E-state index in [0.29, 0.717) is 94.2 Å². The van der Waals surface area contributed by atoms with Crippen LogP contribution in [0.15, 0.2) is 180 Å². The predicted molar refractivity (Wildman–Crippen MR) is 385 cm³/mol. The van der Waals surface area contributed by atoms with Crippen molar-refractivity contribution in [2.24, 2.45) is 0 Å². The Labute approximate surface area is 584 Å². The number of Topliss-reactive ketones (excluding diaryl/α,β-unsaturated/α-hetero) is 1. The fourth-order valence-corrected chi connectivity index (χ4v) is 13.9. The minimum Gasteiger partial charge on any atom is -0.455 e. The average Bonchev–Trinajstić information content (AvgIpc) is 1.56. The number of sulfonamides is 2. The molecular formula is C73H71BBrF2N7O14S2. The summed E-state index contributed by atoms with van der Waals surface area (Å²) in [5, 5.41) is 24.5. The predicted octanol–water partition coefficient (Wildman–Crippen LogP) is 14.3. The molecule has 6 aromatic heterocycles. The summed E-state index contributed by atoms with van der Waals surface area (Å²) in [6.45, 7) is 15.5. The molecule has 0 atom stereocenters. The number of nitrogens with one attached hydrogen (secondary N) is 1. The lowest BCUT2D eigenvalue weighted by Gasteiger charge is -2.32. The number of aromatic nitrogens is 4. The number of halogens is 3. The van der Waals surface area contributed by atoms with Crippen molar-refractivity contribution in [1.29, 1.82) is 0 Å². The van der Waals surface area contributed by atoms with Crippen LogP contribution in [0, 0.1) is 11.6 Å². The van der Waals surface area contributed by atoms with E-state index in [9.17, 15) is 45.4 Å². The van der Waals surface area contributed by atoms with Gasteiger partial charge in [0.2, 0.25) is 31.8 Å². The fraction of sp³-hybridized carbons (Fsp3) is 0.260. The van der Waals surface area contributed by atoms with Crippen molar-refractivity contribution in [2.75, 3.05) is 41.3 Å². The fourth-order valence-electron chi connectivity index (χ4n) is 11.1. The zero-order valence-corrected chi connectivity index (χ0v) is 59.9. The molecule has 1 fully saturated rings. The van der Waals surface area contributed by atoms with Crippen LogP contribution in [-0.4, -0.2) is 121 Å². The van der Waals surface area contributed by atoms with Gasteiger partial charge in [0.15, 0.2) is 28.2 Å². The van der Waals surface area contributed by atoms with Gasteiger partial charge in [-0.25, -0.2) is 35.6 Å². The van der Waals surface area contributed by atoms with E-state index in [2.05, 4.69) is 41.2 Å². The third-order valence-corrected chi connectivity index (χ3v) is 19.5. The zero-order chi connectivity index (χ0) is 72.2. The number of ketones is 1. The summed E-state index contributed by atoms with van der Waals surface area (Å²) in [5.74, 6) is -0.132. The third-order valence-electron chi connectivity index (χ3n) is 16.6. The standard InChI is InChI=1S/C33H29FN4O6S.C22H23BrFNO5S.C18H19BN2O3/c1-33(2,40)18-38(45(4,41)42)25-17-27-24(28(31(39)35-3)29(43-27)19-10-12-22(34)13-11-19)16-23(25)20-7-5-8-21(15-20)32-37-30-26(44-32)9-6-14-36-30;1-5-18(26)20-15-10-16(23)17(25(31(4,28)29)12-22(2,3)27)11-19(15)30-21(20)13-6-8-14(24)9-7-13;1-17(2)18(3,4)24-19(23-17)13-8-5-7-12(11-13)16-21-15-14(22-16)9-6-10-20-15/h5-17,40H,18H2,1-4H3,(H,35,39);6-11,27H,5,12H2,1-4H3;5-11H,1-4H3. The molecule has 1 amide bonds. The van der Waals surface area contributed by atoms with Crippen LogP contribution < -0.4 is 19.4 Å². The number of nitrogens with zero attached hydrogens (tertiary/aromatic N) is 6. The maximum Gasteiger partial charge on any atom is 0.494 e. The minimum absolute atomic E-state index is 0.158. The first-order valence-electron chi connectivity index (χ1n) is 31.5. The molecule has 100 heavy (non-hydrogen) atoms. The van der Waals surface area contributed by atoms with E-state index in [0.717, 1.165) is 32.1 Å². The van der Waals surface area contributed by atoms with Gasteiger partial charge in [0, 0.05) is 81.1 Å². The molecule has 7 heterocycles. The van der Waals surface area contributed by atoms with Gasteiger partial charge in [0.25, 0.3) is 5.91 Å². The highest BCUT2D eigenvalue weighted by Gasteiger charge is 2.52. The molecule has 0 spiro atoms. The van der Waals surface area contributed by atoms with Crippen LogP contribution in [0.2, 0.25) is 0 Å². The first-order chi connectivity index (χ1) is 47.0. The van der Waals surface area contributed by atoms with Crippen LogP contribution in [0.5, 0.6) is 0 Å². The number of oxazole rings is 2. The third kappa shape index (κ3) is 15.4. The molecule has 0 aliphatic carbocycles. The summed E-state index contributed by atoms with van der Waals surface area (Å²) in [7, 11) is -6.59. The van der Waals surface area contributed by atoms with Gasteiger partial charge in [-0.15, -0.1) is 0 Å². The van der Waals surface area contributed by atoms with Crippen LogP contribution in [0.1, 0.15) is 89.5 Å². The molecule has 6 aromatic carbocycles. The lowest BCUT2D eigenvalue weighted by Crippen LogP contribution is -2.42. The second kappa shape index (κ2) is 27.6. The number of pyridine rings is 2. The van der Waals surface area contributed by atoms with E-state index >= 15 is 0 Å². The van der Waals surface area contributed by atoms with Gasteiger partial charge >= 0.3 is 7.12 Å². The van der Waals surface area contributed by atoms with Crippen LogP contribution in [0.3, 0.4) is 0 Å². The molecule has 13 rings (SSSR count). The van der Waals surface area contributed by atoms with E-state index in [1.165, 1.54) is 95.4 Å². The molecule has 1 aliphatic heterocycles. The highest BCUT2D eigenvalue weighted by atomic mass is 79.9. The molecule has 0 saturated carbocycles. The summed E-state index contributed by atoms with van der Waals surface area (Å²) in [6, 6.07) is 39.7. The monoisotopic (exact) mass is 1460 g/mol. The summed E-state index contributed by atoms with van der Waals surface area (Å²) in [4.78, 5) is 43.4. The maximum atomic E-state index is 13.8. The highest BCUT2D eigenvalue weighted by Crippen LogP contribution is 2.45. The SMILES string of the molecule is CC1(C)OB(c2cccc(-c3nc4ncccc4o3)c2)OC1(C)C.CCC(=O)c1c(-c2ccc(F)cc2)oc2cc(N(CC(C)(C)O)S(C)(=O)=O)c(Br)cc12.CNC(=O)c1c(-c2ccc(F)cc2)oc2cc(N(CC(C)(C)O)S(C)(=O)=O)c(-c3cccc(-c4nc5ncccc5o4)c3)cc12. The highest BCUT2D eigenvalue weighted by molar-refractivity contribution is 9.10.